The van der Waals surface area contributed by atoms with Crippen molar-refractivity contribution >= 4 is 23.7 Å². The van der Waals surface area contributed by atoms with E-state index in [1.54, 1.807) is 30.3 Å². The highest BCUT2D eigenvalue weighted by Gasteiger charge is 2.47. The summed E-state index contributed by atoms with van der Waals surface area (Å²) in [5.74, 6) is 0.158. The summed E-state index contributed by atoms with van der Waals surface area (Å²) in [5, 5.41) is 1.47. The van der Waals surface area contributed by atoms with E-state index in [9.17, 15) is 14.0 Å². The van der Waals surface area contributed by atoms with Gasteiger partial charge in [-0.3, -0.25) is 14.7 Å². The third kappa shape index (κ3) is 3.56. The van der Waals surface area contributed by atoms with Crippen molar-refractivity contribution in [3.8, 4) is 5.75 Å². The highest BCUT2D eigenvalue weighted by atomic mass is 32.2. The SMILES string of the molecule is COc1c(C)cnc(CN2C(=O)N(Cc3ccc(F)cc3)C(=O)C3SC=CC32)c1C. The van der Waals surface area contributed by atoms with E-state index >= 15 is 0 Å². The van der Waals surface area contributed by atoms with Gasteiger partial charge in [0.15, 0.2) is 0 Å². The number of pyridine rings is 1. The van der Waals surface area contributed by atoms with Crippen molar-refractivity contribution < 1.29 is 18.7 Å². The molecule has 156 valence electrons. The number of urea groups is 1. The number of benzene rings is 1. The van der Waals surface area contributed by atoms with Crippen LogP contribution in [0.15, 0.2) is 41.9 Å². The number of carbonyl (C=O) groups excluding carboxylic acids is 2. The molecule has 4 rings (SSSR count). The van der Waals surface area contributed by atoms with Gasteiger partial charge in [-0.2, -0.15) is 0 Å². The van der Waals surface area contributed by atoms with Crippen molar-refractivity contribution in [3.63, 3.8) is 0 Å². The Morgan fingerprint density at radius 1 is 1.17 bits per heavy atom. The van der Waals surface area contributed by atoms with E-state index < -0.39 is 5.25 Å². The molecule has 2 unspecified atom stereocenters. The third-order valence-corrected chi connectivity index (χ3v) is 6.57. The number of ether oxygens (including phenoxy) is 1. The molecule has 3 amide bonds. The number of aromatic nitrogens is 1. The van der Waals surface area contributed by atoms with Gasteiger partial charge in [-0.05, 0) is 37.0 Å². The van der Waals surface area contributed by atoms with Gasteiger partial charge in [-0.15, -0.1) is 11.8 Å². The first-order valence-corrected chi connectivity index (χ1v) is 10.5. The third-order valence-electron chi connectivity index (χ3n) is 5.48. The first kappa shape index (κ1) is 20.4. The minimum Gasteiger partial charge on any atom is -0.496 e. The number of fused-ring (bicyclic) bond motifs is 1. The molecule has 0 aliphatic carbocycles. The monoisotopic (exact) mass is 427 g/mol. The van der Waals surface area contributed by atoms with Crippen LogP contribution in [-0.2, 0) is 17.9 Å². The normalized spacial score (nSPS) is 20.7. The summed E-state index contributed by atoms with van der Waals surface area (Å²) < 4.78 is 18.7. The maximum atomic E-state index is 13.3. The highest BCUT2D eigenvalue weighted by Crippen LogP contribution is 2.36. The first-order valence-electron chi connectivity index (χ1n) is 9.58. The fraction of sp³-hybridized carbons (Fsp3) is 0.318. The molecule has 8 heteroatoms. The van der Waals surface area contributed by atoms with E-state index in [1.807, 2.05) is 25.3 Å². The van der Waals surface area contributed by atoms with Gasteiger partial charge in [0, 0.05) is 17.3 Å². The highest BCUT2D eigenvalue weighted by molar-refractivity contribution is 8.03. The minimum absolute atomic E-state index is 0.0991. The van der Waals surface area contributed by atoms with Crippen LogP contribution in [0.3, 0.4) is 0 Å². The fourth-order valence-electron chi connectivity index (χ4n) is 3.88. The Morgan fingerprint density at radius 2 is 1.90 bits per heavy atom. The van der Waals surface area contributed by atoms with Crippen LogP contribution in [0.5, 0.6) is 5.75 Å². The van der Waals surface area contributed by atoms with Crippen molar-refractivity contribution in [1.29, 1.82) is 0 Å². The summed E-state index contributed by atoms with van der Waals surface area (Å²) in [6.07, 6.45) is 3.62. The number of rotatable bonds is 5. The lowest BCUT2D eigenvalue weighted by Gasteiger charge is -2.41. The second-order valence-electron chi connectivity index (χ2n) is 7.38. The summed E-state index contributed by atoms with van der Waals surface area (Å²) in [7, 11) is 1.61. The molecule has 0 N–H and O–H groups in total. The average molecular weight is 428 g/mol. The maximum Gasteiger partial charge on any atom is 0.327 e. The van der Waals surface area contributed by atoms with Gasteiger partial charge in [0.1, 0.15) is 16.8 Å². The molecule has 0 spiro atoms. The molecule has 3 heterocycles. The van der Waals surface area contributed by atoms with E-state index in [1.165, 1.54) is 28.8 Å². The predicted molar refractivity (Wildman–Crippen MR) is 112 cm³/mol. The molecular weight excluding hydrogens is 405 g/mol. The molecule has 1 saturated heterocycles. The number of nitrogens with zero attached hydrogens (tertiary/aromatic N) is 3. The Balaban J connectivity index is 1.65. The van der Waals surface area contributed by atoms with Crippen LogP contribution in [-0.4, -0.2) is 45.1 Å². The lowest BCUT2D eigenvalue weighted by atomic mass is 10.0. The van der Waals surface area contributed by atoms with Gasteiger partial charge >= 0.3 is 6.03 Å². The molecule has 30 heavy (non-hydrogen) atoms. The number of carbonyl (C=O) groups is 2. The van der Waals surface area contributed by atoms with E-state index in [0.717, 1.165) is 22.6 Å². The molecule has 0 radical (unpaired) electrons. The van der Waals surface area contributed by atoms with Crippen LogP contribution in [0.4, 0.5) is 9.18 Å². The Hall–Kier alpha value is -2.87. The topological polar surface area (TPSA) is 62.7 Å². The van der Waals surface area contributed by atoms with Gasteiger partial charge in [-0.25, -0.2) is 9.18 Å². The largest absolute Gasteiger partial charge is 0.496 e. The van der Waals surface area contributed by atoms with Gasteiger partial charge < -0.3 is 9.64 Å². The summed E-state index contributed by atoms with van der Waals surface area (Å²) in [4.78, 5) is 33.8. The average Bonchev–Trinajstić information content (AvgIpc) is 3.22. The lowest BCUT2D eigenvalue weighted by molar-refractivity contribution is -0.131. The Morgan fingerprint density at radius 3 is 2.60 bits per heavy atom. The molecule has 1 fully saturated rings. The molecule has 0 bridgehead atoms. The van der Waals surface area contributed by atoms with Crippen LogP contribution in [0.1, 0.15) is 22.4 Å². The van der Waals surface area contributed by atoms with Gasteiger partial charge in [0.25, 0.3) is 0 Å². The number of methoxy groups -OCH3 is 1. The molecule has 1 aromatic carbocycles. The van der Waals surface area contributed by atoms with Crippen LogP contribution in [0.2, 0.25) is 0 Å². The van der Waals surface area contributed by atoms with E-state index in [0.29, 0.717) is 5.56 Å². The molecule has 6 nitrogen and oxygen atoms in total. The summed E-state index contributed by atoms with van der Waals surface area (Å²) in [6, 6.07) is 5.12. The van der Waals surface area contributed by atoms with Crippen LogP contribution in [0, 0.1) is 19.7 Å². The van der Waals surface area contributed by atoms with E-state index in [-0.39, 0.29) is 36.9 Å². The number of imide groups is 1. The zero-order valence-corrected chi connectivity index (χ0v) is 17.8. The number of halogens is 1. The summed E-state index contributed by atoms with van der Waals surface area (Å²) in [5.41, 5.74) is 3.22. The van der Waals surface area contributed by atoms with Gasteiger partial charge in [-0.1, -0.05) is 18.2 Å². The Kier molecular flexibility index (Phi) is 5.51. The van der Waals surface area contributed by atoms with Crippen molar-refractivity contribution in [1.82, 2.24) is 14.8 Å². The Bertz CT molecular complexity index is 1030. The van der Waals surface area contributed by atoms with Crippen LogP contribution in [0.25, 0.3) is 0 Å². The zero-order chi connectivity index (χ0) is 21.4. The number of thioether (sulfide) groups is 1. The van der Waals surface area contributed by atoms with Crippen LogP contribution < -0.4 is 4.74 Å². The van der Waals surface area contributed by atoms with Gasteiger partial charge in [0.05, 0.1) is 31.9 Å². The van der Waals surface area contributed by atoms with Crippen molar-refractivity contribution in [2.24, 2.45) is 0 Å². The van der Waals surface area contributed by atoms with Crippen molar-refractivity contribution in [2.45, 2.75) is 38.2 Å². The molecule has 0 saturated carbocycles. The number of amides is 3. The smallest absolute Gasteiger partial charge is 0.327 e. The standard InChI is InChI=1S/C22H22FN3O3S/c1-13-10-24-17(14(2)19(13)29-3)12-25-18-8-9-30-20(18)21(27)26(22(25)28)11-15-4-6-16(23)7-5-15/h4-10,18,20H,11-12H2,1-3H3. The number of hydrogen-bond donors (Lipinski definition) is 0. The predicted octanol–water partition coefficient (Wildman–Crippen LogP) is 3.81. The van der Waals surface area contributed by atoms with Gasteiger partial charge in [0.2, 0.25) is 5.91 Å². The molecular formula is C22H22FN3O3S. The van der Waals surface area contributed by atoms with E-state index in [4.69, 9.17) is 4.74 Å². The molecule has 2 atom stereocenters. The second-order valence-corrected chi connectivity index (χ2v) is 8.44. The maximum absolute atomic E-state index is 13.3. The quantitative estimate of drug-likeness (QED) is 0.726. The zero-order valence-electron chi connectivity index (χ0n) is 17.0. The lowest BCUT2D eigenvalue weighted by Crippen LogP contribution is -2.61. The van der Waals surface area contributed by atoms with Crippen molar-refractivity contribution in [3.05, 3.63) is 70.1 Å². The summed E-state index contributed by atoms with van der Waals surface area (Å²) >= 11 is 1.41. The molecule has 2 aliphatic heterocycles. The van der Waals surface area contributed by atoms with E-state index in [2.05, 4.69) is 4.98 Å². The number of aryl methyl sites for hydroxylation is 1. The molecule has 2 aromatic rings. The first-order chi connectivity index (χ1) is 14.4. The molecule has 2 aliphatic rings. The summed E-state index contributed by atoms with van der Waals surface area (Å²) in [6.45, 7) is 4.20. The number of hydrogen-bond acceptors (Lipinski definition) is 5. The minimum atomic E-state index is -0.393. The second kappa shape index (κ2) is 8.10. The van der Waals surface area contributed by atoms with Crippen LogP contribution >= 0.6 is 11.8 Å². The van der Waals surface area contributed by atoms with Crippen molar-refractivity contribution in [2.75, 3.05) is 7.11 Å². The Labute approximate surface area is 178 Å². The molecule has 1 aromatic heterocycles. The fourth-order valence-corrected chi connectivity index (χ4v) is 4.94.